The summed E-state index contributed by atoms with van der Waals surface area (Å²) in [5, 5.41) is 2.98. The molecule has 0 atom stereocenters. The van der Waals surface area contributed by atoms with Crippen molar-refractivity contribution in [2.24, 2.45) is 0 Å². The molecule has 0 saturated heterocycles. The summed E-state index contributed by atoms with van der Waals surface area (Å²) in [5.41, 5.74) is 0.690. The van der Waals surface area contributed by atoms with Gasteiger partial charge in [-0.15, -0.1) is 0 Å². The minimum Gasteiger partial charge on any atom is -0.465 e. The number of hydrogen-bond donors (Lipinski definition) is 1. The van der Waals surface area contributed by atoms with E-state index in [-0.39, 0.29) is 19.0 Å². The Morgan fingerprint density at radius 2 is 2.00 bits per heavy atom. The van der Waals surface area contributed by atoms with Gasteiger partial charge in [0.05, 0.1) is 20.2 Å². The predicted molar refractivity (Wildman–Crippen MR) is 95.0 cm³/mol. The van der Waals surface area contributed by atoms with Crippen molar-refractivity contribution >= 4 is 29.4 Å². The second kappa shape index (κ2) is 8.53. The average molecular weight is 379 g/mol. The van der Waals surface area contributed by atoms with Crippen molar-refractivity contribution in [1.82, 2.24) is 10.2 Å². The van der Waals surface area contributed by atoms with Crippen LogP contribution in [0.1, 0.15) is 32.2 Å². The highest BCUT2D eigenvalue weighted by atomic mass is 35.5. The molecule has 0 aliphatic rings. The summed E-state index contributed by atoms with van der Waals surface area (Å²) in [6.07, 6.45) is 0. The van der Waals surface area contributed by atoms with Crippen LogP contribution in [-0.2, 0) is 16.1 Å². The minimum atomic E-state index is -0.500. The van der Waals surface area contributed by atoms with Crippen molar-refractivity contribution in [2.75, 3.05) is 20.7 Å². The zero-order chi connectivity index (χ0) is 19.3. The SMILES string of the molecule is COC(=O)c1cc(CN(C)C(=O)CNC(=O)c2cccc(Cl)c2)oc1C. The molecular weight excluding hydrogens is 360 g/mol. The zero-order valence-corrected chi connectivity index (χ0v) is 15.4. The predicted octanol–water partition coefficient (Wildman–Crippen LogP) is 2.42. The van der Waals surface area contributed by atoms with E-state index in [1.165, 1.54) is 24.1 Å². The van der Waals surface area contributed by atoms with Crippen LogP contribution in [0.2, 0.25) is 5.02 Å². The molecule has 1 heterocycles. The van der Waals surface area contributed by atoms with Crippen LogP contribution < -0.4 is 5.32 Å². The lowest BCUT2D eigenvalue weighted by atomic mass is 10.2. The molecule has 138 valence electrons. The lowest BCUT2D eigenvalue weighted by Gasteiger charge is -2.16. The number of nitrogens with one attached hydrogen (secondary N) is 1. The first-order valence-corrected chi connectivity index (χ1v) is 8.15. The van der Waals surface area contributed by atoms with Crippen molar-refractivity contribution < 1.29 is 23.5 Å². The largest absolute Gasteiger partial charge is 0.465 e. The van der Waals surface area contributed by atoms with E-state index in [1.54, 1.807) is 32.2 Å². The lowest BCUT2D eigenvalue weighted by Crippen LogP contribution is -2.37. The third kappa shape index (κ3) is 4.86. The molecule has 2 amide bonds. The maximum absolute atomic E-state index is 12.2. The number of ether oxygens (including phenoxy) is 1. The fourth-order valence-electron chi connectivity index (χ4n) is 2.28. The molecule has 2 rings (SSSR count). The number of esters is 1. The van der Waals surface area contributed by atoms with Crippen molar-refractivity contribution in [3.63, 3.8) is 0 Å². The van der Waals surface area contributed by atoms with Gasteiger partial charge in [-0.1, -0.05) is 17.7 Å². The highest BCUT2D eigenvalue weighted by molar-refractivity contribution is 6.30. The maximum Gasteiger partial charge on any atom is 0.341 e. The van der Waals surface area contributed by atoms with E-state index in [9.17, 15) is 14.4 Å². The van der Waals surface area contributed by atoms with E-state index in [1.807, 2.05) is 0 Å². The number of carbonyl (C=O) groups excluding carboxylic acids is 3. The monoisotopic (exact) mass is 378 g/mol. The van der Waals surface area contributed by atoms with Crippen LogP contribution in [-0.4, -0.2) is 43.4 Å². The van der Waals surface area contributed by atoms with E-state index >= 15 is 0 Å². The molecule has 2 aromatic rings. The van der Waals surface area contributed by atoms with Gasteiger partial charge < -0.3 is 19.4 Å². The Balaban J connectivity index is 1.91. The third-order valence-corrected chi connectivity index (χ3v) is 3.91. The van der Waals surface area contributed by atoms with Crippen molar-refractivity contribution in [3.8, 4) is 0 Å². The number of aryl methyl sites for hydroxylation is 1. The number of methoxy groups -OCH3 is 1. The molecular formula is C18H19ClN2O5. The molecule has 7 nitrogen and oxygen atoms in total. The van der Waals surface area contributed by atoms with Gasteiger partial charge in [0.2, 0.25) is 5.91 Å². The molecule has 0 aliphatic heterocycles. The molecule has 26 heavy (non-hydrogen) atoms. The molecule has 0 aliphatic carbocycles. The molecule has 1 N–H and O–H groups in total. The Morgan fingerprint density at radius 3 is 2.65 bits per heavy atom. The Bertz CT molecular complexity index is 831. The number of rotatable bonds is 6. The highest BCUT2D eigenvalue weighted by Crippen LogP contribution is 2.17. The van der Waals surface area contributed by atoms with E-state index in [4.69, 9.17) is 16.0 Å². The molecule has 0 saturated carbocycles. The van der Waals surface area contributed by atoms with Gasteiger partial charge in [-0.05, 0) is 31.2 Å². The van der Waals surface area contributed by atoms with Gasteiger partial charge in [0.15, 0.2) is 0 Å². The van der Waals surface area contributed by atoms with E-state index in [0.717, 1.165) is 0 Å². The summed E-state index contributed by atoms with van der Waals surface area (Å²) in [4.78, 5) is 37.2. The van der Waals surface area contributed by atoms with E-state index in [2.05, 4.69) is 10.1 Å². The number of likely N-dealkylation sites (N-methyl/N-ethyl adjacent to an activating group) is 1. The number of nitrogens with zero attached hydrogens (tertiary/aromatic N) is 1. The van der Waals surface area contributed by atoms with E-state index in [0.29, 0.717) is 27.7 Å². The number of hydrogen-bond acceptors (Lipinski definition) is 5. The standard InChI is InChI=1S/C18H19ClN2O5/c1-11-15(18(24)25-3)8-14(26-11)10-21(2)16(22)9-20-17(23)12-5-4-6-13(19)7-12/h4-8H,9-10H2,1-3H3,(H,20,23). The minimum absolute atomic E-state index is 0.156. The van der Waals surface area contributed by atoms with Crippen LogP contribution in [0.15, 0.2) is 34.7 Å². The van der Waals surface area contributed by atoms with Crippen LogP contribution in [0.25, 0.3) is 0 Å². The van der Waals surface area contributed by atoms with Crippen LogP contribution in [0, 0.1) is 6.92 Å². The molecule has 0 bridgehead atoms. The molecule has 1 aromatic heterocycles. The fraction of sp³-hybridized carbons (Fsp3) is 0.278. The number of amides is 2. The summed E-state index contributed by atoms with van der Waals surface area (Å²) in [6, 6.07) is 7.98. The lowest BCUT2D eigenvalue weighted by molar-refractivity contribution is -0.129. The average Bonchev–Trinajstić information content (AvgIpc) is 2.98. The van der Waals surface area contributed by atoms with Crippen molar-refractivity contribution in [3.05, 3.63) is 58.0 Å². The van der Waals surface area contributed by atoms with Gasteiger partial charge in [-0.25, -0.2) is 4.79 Å². The summed E-state index contributed by atoms with van der Waals surface area (Å²) in [7, 11) is 2.86. The molecule has 1 aromatic carbocycles. The van der Waals surface area contributed by atoms with Crippen LogP contribution in [0.3, 0.4) is 0 Å². The molecule has 0 spiro atoms. The summed E-state index contributed by atoms with van der Waals surface area (Å²) in [5.74, 6) is -0.340. The molecule has 0 unspecified atom stereocenters. The topological polar surface area (TPSA) is 88.9 Å². The van der Waals surface area contributed by atoms with Gasteiger partial charge in [-0.2, -0.15) is 0 Å². The normalized spacial score (nSPS) is 10.3. The van der Waals surface area contributed by atoms with Crippen LogP contribution in [0.5, 0.6) is 0 Å². The Morgan fingerprint density at radius 1 is 1.27 bits per heavy atom. The van der Waals surface area contributed by atoms with Gasteiger partial charge in [-0.3, -0.25) is 9.59 Å². The summed E-state index contributed by atoms with van der Waals surface area (Å²) in [6.45, 7) is 1.62. The molecule has 0 fully saturated rings. The van der Waals surface area contributed by atoms with Crippen LogP contribution in [0.4, 0.5) is 0 Å². The van der Waals surface area contributed by atoms with Gasteiger partial charge in [0.25, 0.3) is 5.91 Å². The number of furan rings is 1. The van der Waals surface area contributed by atoms with Crippen LogP contribution >= 0.6 is 11.6 Å². The second-order valence-corrected chi connectivity index (χ2v) is 6.05. The fourth-order valence-corrected chi connectivity index (χ4v) is 2.47. The Labute approximate surface area is 155 Å². The number of benzene rings is 1. The third-order valence-electron chi connectivity index (χ3n) is 3.68. The second-order valence-electron chi connectivity index (χ2n) is 5.62. The zero-order valence-electron chi connectivity index (χ0n) is 14.7. The van der Waals surface area contributed by atoms with Gasteiger partial charge >= 0.3 is 5.97 Å². The molecule has 0 radical (unpaired) electrons. The Kier molecular flexibility index (Phi) is 6.41. The van der Waals surface area contributed by atoms with Crippen molar-refractivity contribution in [2.45, 2.75) is 13.5 Å². The summed E-state index contributed by atoms with van der Waals surface area (Å²) < 4.78 is 10.1. The first kappa shape index (κ1) is 19.5. The smallest absolute Gasteiger partial charge is 0.341 e. The maximum atomic E-state index is 12.2. The molecule has 8 heteroatoms. The van der Waals surface area contributed by atoms with E-state index < -0.39 is 11.9 Å². The van der Waals surface area contributed by atoms with Crippen molar-refractivity contribution in [1.29, 1.82) is 0 Å². The first-order chi connectivity index (χ1) is 12.3. The first-order valence-electron chi connectivity index (χ1n) is 7.77. The summed E-state index contributed by atoms with van der Waals surface area (Å²) >= 11 is 5.84. The van der Waals surface area contributed by atoms with Gasteiger partial charge in [0.1, 0.15) is 17.1 Å². The quantitative estimate of drug-likeness (QED) is 0.780. The number of carbonyl (C=O) groups is 3. The van der Waals surface area contributed by atoms with Gasteiger partial charge in [0, 0.05) is 17.6 Å². The number of halogens is 1. The highest BCUT2D eigenvalue weighted by Gasteiger charge is 2.18. The Hall–Kier alpha value is -2.80.